The average molecular weight is 361 g/mol. The molecule has 0 saturated carbocycles. The molecule has 126 valence electrons. The Morgan fingerprint density at radius 1 is 1.16 bits per heavy atom. The lowest BCUT2D eigenvalue weighted by Crippen LogP contribution is -2.12. The van der Waals surface area contributed by atoms with Crippen LogP contribution in [0.1, 0.15) is 10.6 Å². The highest BCUT2D eigenvalue weighted by molar-refractivity contribution is 6.33. The Labute approximate surface area is 146 Å². The van der Waals surface area contributed by atoms with Gasteiger partial charge in [-0.2, -0.15) is 0 Å². The molecule has 6 nitrogen and oxygen atoms in total. The highest BCUT2D eigenvalue weighted by atomic mass is 35.5. The van der Waals surface area contributed by atoms with Crippen LogP contribution in [0.5, 0.6) is 0 Å². The third-order valence-electron chi connectivity index (χ3n) is 3.38. The van der Waals surface area contributed by atoms with E-state index in [1.54, 1.807) is 30.3 Å². The van der Waals surface area contributed by atoms with Crippen molar-refractivity contribution in [2.45, 2.75) is 0 Å². The maximum Gasteiger partial charge on any atom is 0.291 e. The quantitative estimate of drug-likeness (QED) is 0.529. The molecule has 1 aromatic heterocycles. The van der Waals surface area contributed by atoms with E-state index in [2.05, 4.69) is 5.32 Å². The third kappa shape index (κ3) is 3.51. The molecule has 0 radical (unpaired) electrons. The molecule has 3 aromatic rings. The molecule has 3 rings (SSSR count). The Kier molecular flexibility index (Phi) is 4.49. The summed E-state index contributed by atoms with van der Waals surface area (Å²) in [6, 6.07) is 12.7. The van der Waals surface area contributed by atoms with Gasteiger partial charge in [-0.1, -0.05) is 23.7 Å². The van der Waals surface area contributed by atoms with E-state index in [1.165, 1.54) is 6.07 Å². The van der Waals surface area contributed by atoms with Gasteiger partial charge in [-0.3, -0.25) is 14.9 Å². The van der Waals surface area contributed by atoms with Crippen LogP contribution in [0.15, 0.2) is 59.0 Å². The molecule has 1 N–H and O–H groups in total. The molecule has 0 spiro atoms. The van der Waals surface area contributed by atoms with Crippen LogP contribution < -0.4 is 5.32 Å². The summed E-state index contributed by atoms with van der Waals surface area (Å²) in [6.45, 7) is 0. The second-order valence-corrected chi connectivity index (χ2v) is 5.43. The number of carbonyl (C=O) groups is 1. The molecule has 0 aliphatic heterocycles. The van der Waals surface area contributed by atoms with Gasteiger partial charge in [0, 0.05) is 17.7 Å². The number of halogens is 2. The van der Waals surface area contributed by atoms with E-state index in [1.807, 2.05) is 0 Å². The van der Waals surface area contributed by atoms with Gasteiger partial charge in [0.2, 0.25) is 0 Å². The predicted octanol–water partition coefficient (Wildman–Crippen LogP) is 4.90. The summed E-state index contributed by atoms with van der Waals surface area (Å²) in [5, 5.41) is 13.5. The first-order chi connectivity index (χ1) is 12.0. The van der Waals surface area contributed by atoms with Crippen LogP contribution in [-0.4, -0.2) is 10.8 Å². The van der Waals surface area contributed by atoms with Crippen molar-refractivity contribution in [1.82, 2.24) is 0 Å². The molecular weight excluding hydrogens is 351 g/mol. The van der Waals surface area contributed by atoms with Crippen molar-refractivity contribution in [2.75, 3.05) is 5.32 Å². The van der Waals surface area contributed by atoms with Crippen molar-refractivity contribution >= 4 is 28.9 Å². The topological polar surface area (TPSA) is 85.4 Å². The molecule has 0 aliphatic rings. The van der Waals surface area contributed by atoms with Crippen LogP contribution in [0, 0.1) is 15.9 Å². The van der Waals surface area contributed by atoms with E-state index < -0.39 is 16.6 Å². The summed E-state index contributed by atoms with van der Waals surface area (Å²) >= 11 is 6.07. The number of nitro benzene ring substituents is 1. The first kappa shape index (κ1) is 16.7. The summed E-state index contributed by atoms with van der Waals surface area (Å²) < 4.78 is 19.2. The molecular formula is C17H10ClFN2O4. The first-order valence-electron chi connectivity index (χ1n) is 7.06. The minimum atomic E-state index is -0.795. The van der Waals surface area contributed by atoms with Gasteiger partial charge >= 0.3 is 0 Å². The molecule has 1 heterocycles. The van der Waals surface area contributed by atoms with Gasteiger partial charge < -0.3 is 9.73 Å². The van der Waals surface area contributed by atoms with Crippen molar-refractivity contribution in [2.24, 2.45) is 0 Å². The molecule has 0 unspecified atom stereocenters. The molecule has 0 aliphatic carbocycles. The normalized spacial score (nSPS) is 10.5. The second-order valence-electron chi connectivity index (χ2n) is 5.02. The molecule has 1 amide bonds. The maximum absolute atomic E-state index is 13.7. The van der Waals surface area contributed by atoms with Crippen molar-refractivity contribution in [3.05, 3.63) is 81.3 Å². The van der Waals surface area contributed by atoms with Gasteiger partial charge in [0.05, 0.1) is 15.6 Å². The second kappa shape index (κ2) is 6.74. The van der Waals surface area contributed by atoms with E-state index in [9.17, 15) is 19.3 Å². The Hall–Kier alpha value is -3.19. The average Bonchev–Trinajstić information content (AvgIpc) is 3.07. The fraction of sp³-hybridized carbons (Fsp3) is 0. The summed E-state index contributed by atoms with van der Waals surface area (Å²) in [5.74, 6) is -1.24. The van der Waals surface area contributed by atoms with Crippen LogP contribution in [-0.2, 0) is 0 Å². The van der Waals surface area contributed by atoms with Crippen LogP contribution in [0.2, 0.25) is 5.02 Å². The Morgan fingerprint density at radius 2 is 1.92 bits per heavy atom. The van der Waals surface area contributed by atoms with Crippen LogP contribution in [0.4, 0.5) is 15.8 Å². The van der Waals surface area contributed by atoms with Crippen molar-refractivity contribution in [3.8, 4) is 11.3 Å². The van der Waals surface area contributed by atoms with E-state index >= 15 is 0 Å². The van der Waals surface area contributed by atoms with Gasteiger partial charge in [0.1, 0.15) is 11.6 Å². The van der Waals surface area contributed by atoms with Crippen molar-refractivity contribution < 1.29 is 18.5 Å². The van der Waals surface area contributed by atoms with Gasteiger partial charge in [-0.25, -0.2) is 4.39 Å². The highest BCUT2D eigenvalue weighted by Gasteiger charge is 2.17. The standard InChI is InChI=1S/C17H10ClFN2O4/c18-12-4-2-1-3-11(12)15-7-8-16(25-15)17(22)20-14-9-10(21(23)24)5-6-13(14)19/h1-9H,(H,20,22). The molecule has 25 heavy (non-hydrogen) atoms. The number of hydrogen-bond acceptors (Lipinski definition) is 4. The van der Waals surface area contributed by atoms with Crippen LogP contribution in [0.3, 0.4) is 0 Å². The monoisotopic (exact) mass is 360 g/mol. The Morgan fingerprint density at radius 3 is 2.64 bits per heavy atom. The molecule has 2 aromatic carbocycles. The molecule has 0 bridgehead atoms. The van der Waals surface area contributed by atoms with E-state index in [4.69, 9.17) is 16.0 Å². The SMILES string of the molecule is O=C(Nc1cc([N+](=O)[O-])ccc1F)c1ccc(-c2ccccc2Cl)o1. The zero-order chi connectivity index (χ0) is 18.0. The van der Waals surface area contributed by atoms with Gasteiger partial charge in [-0.15, -0.1) is 0 Å². The predicted molar refractivity (Wildman–Crippen MR) is 90.2 cm³/mol. The number of nitrogens with one attached hydrogen (secondary N) is 1. The fourth-order valence-corrected chi connectivity index (χ4v) is 2.40. The largest absolute Gasteiger partial charge is 0.451 e. The summed E-state index contributed by atoms with van der Waals surface area (Å²) in [6.07, 6.45) is 0. The number of hydrogen-bond donors (Lipinski definition) is 1. The Bertz CT molecular complexity index is 971. The Balaban J connectivity index is 1.85. The minimum Gasteiger partial charge on any atom is -0.451 e. The highest BCUT2D eigenvalue weighted by Crippen LogP contribution is 2.29. The lowest BCUT2D eigenvalue weighted by Gasteiger charge is -2.05. The molecule has 0 saturated heterocycles. The lowest BCUT2D eigenvalue weighted by atomic mass is 10.2. The number of amides is 1. The third-order valence-corrected chi connectivity index (χ3v) is 3.71. The summed E-state index contributed by atoms with van der Waals surface area (Å²) in [7, 11) is 0. The summed E-state index contributed by atoms with van der Waals surface area (Å²) in [4.78, 5) is 22.3. The van der Waals surface area contributed by atoms with Crippen molar-refractivity contribution in [3.63, 3.8) is 0 Å². The first-order valence-corrected chi connectivity index (χ1v) is 7.43. The number of anilines is 1. The smallest absolute Gasteiger partial charge is 0.291 e. The molecule has 0 atom stereocenters. The number of furan rings is 1. The summed E-state index contributed by atoms with van der Waals surface area (Å²) in [5.41, 5.74) is -0.0486. The van der Waals surface area contributed by atoms with Gasteiger partial charge in [0.15, 0.2) is 5.76 Å². The van der Waals surface area contributed by atoms with E-state index in [0.717, 1.165) is 18.2 Å². The fourth-order valence-electron chi connectivity index (χ4n) is 2.17. The van der Waals surface area contributed by atoms with Gasteiger partial charge in [0.25, 0.3) is 11.6 Å². The number of rotatable bonds is 4. The van der Waals surface area contributed by atoms with E-state index in [0.29, 0.717) is 16.3 Å². The van der Waals surface area contributed by atoms with Gasteiger partial charge in [-0.05, 0) is 30.3 Å². The van der Waals surface area contributed by atoms with Crippen molar-refractivity contribution in [1.29, 1.82) is 0 Å². The molecule has 8 heteroatoms. The van der Waals surface area contributed by atoms with Crippen LogP contribution in [0.25, 0.3) is 11.3 Å². The number of nitrogens with zero attached hydrogens (tertiary/aromatic N) is 1. The number of benzene rings is 2. The number of carbonyl (C=O) groups excluding carboxylic acids is 1. The van der Waals surface area contributed by atoms with E-state index in [-0.39, 0.29) is 17.1 Å². The maximum atomic E-state index is 13.7. The number of non-ortho nitro benzene ring substituents is 1. The minimum absolute atomic E-state index is 0.0826. The van der Waals surface area contributed by atoms with Crippen LogP contribution >= 0.6 is 11.6 Å². The molecule has 0 fully saturated rings. The zero-order valence-electron chi connectivity index (χ0n) is 12.5. The lowest BCUT2D eigenvalue weighted by molar-refractivity contribution is -0.384. The zero-order valence-corrected chi connectivity index (χ0v) is 13.3. The number of nitro groups is 1.